The normalized spacial score (nSPS) is 12.8. The van der Waals surface area contributed by atoms with Gasteiger partial charge in [0.05, 0.1) is 19.3 Å². The van der Waals surface area contributed by atoms with Gasteiger partial charge in [-0.15, -0.1) is 0 Å². The van der Waals surface area contributed by atoms with Gasteiger partial charge >= 0.3 is 0 Å². The monoisotopic (exact) mass is 429 g/mol. The number of benzene rings is 3. The van der Waals surface area contributed by atoms with Gasteiger partial charge in [0.2, 0.25) is 5.90 Å². The number of anilines is 2. The van der Waals surface area contributed by atoms with Crippen molar-refractivity contribution in [3.63, 3.8) is 0 Å². The number of aliphatic imine (C=N–C) groups is 1. The second-order valence-corrected chi connectivity index (χ2v) is 7.86. The molecule has 0 saturated carbocycles. The minimum atomic E-state index is -0.125. The molecule has 1 heterocycles. The van der Waals surface area contributed by atoms with Crippen LogP contribution in [0.1, 0.15) is 32.6 Å². The highest BCUT2D eigenvalue weighted by molar-refractivity contribution is 6.06. The Kier molecular flexibility index (Phi) is 6.12. The maximum Gasteiger partial charge on any atom is 0.258 e. The SMILES string of the molecule is COc1cc(C(=O)N(C)c2ccc(C)cc2Cc2ccc(C3=NCCO3)cc2)ccc1N. The van der Waals surface area contributed by atoms with Gasteiger partial charge in [-0.25, -0.2) is 4.99 Å². The van der Waals surface area contributed by atoms with Gasteiger partial charge in [0, 0.05) is 23.9 Å². The first-order chi connectivity index (χ1) is 15.5. The zero-order chi connectivity index (χ0) is 22.7. The lowest BCUT2D eigenvalue weighted by Crippen LogP contribution is -2.27. The Morgan fingerprint density at radius 1 is 1.12 bits per heavy atom. The summed E-state index contributed by atoms with van der Waals surface area (Å²) >= 11 is 0. The second-order valence-electron chi connectivity index (χ2n) is 7.86. The number of hydrogen-bond donors (Lipinski definition) is 1. The number of aryl methyl sites for hydroxylation is 1. The summed E-state index contributed by atoms with van der Waals surface area (Å²) in [5.41, 5.74) is 12.1. The fraction of sp³-hybridized carbons (Fsp3) is 0.231. The van der Waals surface area contributed by atoms with Crippen LogP contribution in [0.25, 0.3) is 0 Å². The van der Waals surface area contributed by atoms with Crippen LogP contribution in [0.4, 0.5) is 11.4 Å². The van der Waals surface area contributed by atoms with Gasteiger partial charge in [-0.2, -0.15) is 0 Å². The van der Waals surface area contributed by atoms with E-state index < -0.39 is 0 Å². The van der Waals surface area contributed by atoms with E-state index in [2.05, 4.69) is 30.1 Å². The fourth-order valence-corrected chi connectivity index (χ4v) is 3.83. The molecule has 0 unspecified atom stereocenters. The number of nitrogen functional groups attached to an aromatic ring is 1. The fourth-order valence-electron chi connectivity index (χ4n) is 3.83. The van der Waals surface area contributed by atoms with Crippen molar-refractivity contribution in [3.05, 3.63) is 88.5 Å². The molecule has 0 saturated heterocycles. The molecule has 0 atom stereocenters. The molecular weight excluding hydrogens is 402 g/mol. The Bertz CT molecular complexity index is 1170. The highest BCUT2D eigenvalue weighted by Crippen LogP contribution is 2.28. The van der Waals surface area contributed by atoms with Gasteiger partial charge in [0.1, 0.15) is 12.4 Å². The second kappa shape index (κ2) is 9.14. The van der Waals surface area contributed by atoms with Crippen molar-refractivity contribution in [2.45, 2.75) is 13.3 Å². The van der Waals surface area contributed by atoms with E-state index in [-0.39, 0.29) is 5.91 Å². The van der Waals surface area contributed by atoms with E-state index in [9.17, 15) is 4.79 Å². The molecule has 32 heavy (non-hydrogen) atoms. The van der Waals surface area contributed by atoms with E-state index in [0.29, 0.717) is 42.5 Å². The van der Waals surface area contributed by atoms with E-state index >= 15 is 0 Å². The Balaban J connectivity index is 1.59. The smallest absolute Gasteiger partial charge is 0.258 e. The van der Waals surface area contributed by atoms with Crippen molar-refractivity contribution in [1.29, 1.82) is 0 Å². The number of methoxy groups -OCH3 is 1. The number of nitrogens with two attached hydrogens (primary N) is 1. The zero-order valence-electron chi connectivity index (χ0n) is 18.6. The minimum absolute atomic E-state index is 0.125. The van der Waals surface area contributed by atoms with Crippen LogP contribution < -0.4 is 15.4 Å². The van der Waals surface area contributed by atoms with Crippen LogP contribution in [0.2, 0.25) is 0 Å². The highest BCUT2D eigenvalue weighted by atomic mass is 16.5. The number of ether oxygens (including phenoxy) is 2. The minimum Gasteiger partial charge on any atom is -0.495 e. The first-order valence-electron chi connectivity index (χ1n) is 10.5. The quantitative estimate of drug-likeness (QED) is 0.595. The van der Waals surface area contributed by atoms with Crippen LogP contribution in [0.15, 0.2) is 65.7 Å². The lowest BCUT2D eigenvalue weighted by Gasteiger charge is -2.22. The Morgan fingerprint density at radius 2 is 1.91 bits per heavy atom. The van der Waals surface area contributed by atoms with Crippen molar-refractivity contribution < 1.29 is 14.3 Å². The molecule has 0 bridgehead atoms. The average Bonchev–Trinajstić information content (AvgIpc) is 3.34. The Morgan fingerprint density at radius 3 is 2.59 bits per heavy atom. The highest BCUT2D eigenvalue weighted by Gasteiger charge is 2.18. The van der Waals surface area contributed by atoms with Crippen LogP contribution in [0.5, 0.6) is 5.75 Å². The van der Waals surface area contributed by atoms with Crippen LogP contribution in [-0.2, 0) is 11.2 Å². The number of amides is 1. The molecule has 3 aromatic carbocycles. The number of hydrogen-bond acceptors (Lipinski definition) is 5. The van der Waals surface area contributed by atoms with Crippen molar-refractivity contribution in [2.24, 2.45) is 4.99 Å². The molecule has 0 fully saturated rings. The third-order valence-corrected chi connectivity index (χ3v) is 5.56. The molecule has 1 aliphatic rings. The Labute approximate surface area is 188 Å². The van der Waals surface area contributed by atoms with Gasteiger partial charge in [0.15, 0.2) is 0 Å². The number of nitrogens with zero attached hydrogens (tertiary/aromatic N) is 2. The van der Waals surface area contributed by atoms with E-state index in [1.54, 1.807) is 37.3 Å². The Hall–Kier alpha value is -3.80. The van der Waals surface area contributed by atoms with E-state index in [1.165, 1.54) is 0 Å². The van der Waals surface area contributed by atoms with Crippen LogP contribution in [-0.4, -0.2) is 39.1 Å². The van der Waals surface area contributed by atoms with Crippen molar-refractivity contribution in [2.75, 3.05) is 37.9 Å². The van der Waals surface area contributed by atoms with Gasteiger partial charge < -0.3 is 20.1 Å². The summed E-state index contributed by atoms with van der Waals surface area (Å²) in [6.07, 6.45) is 0.702. The topological polar surface area (TPSA) is 77.1 Å². The molecule has 1 aliphatic heterocycles. The van der Waals surface area contributed by atoms with Crippen LogP contribution in [0.3, 0.4) is 0 Å². The third kappa shape index (κ3) is 4.44. The van der Waals surface area contributed by atoms with Crippen molar-refractivity contribution >= 4 is 23.2 Å². The van der Waals surface area contributed by atoms with E-state index in [1.807, 2.05) is 24.3 Å². The average molecular weight is 430 g/mol. The lowest BCUT2D eigenvalue weighted by atomic mass is 9.99. The maximum atomic E-state index is 13.2. The van der Waals surface area contributed by atoms with Crippen molar-refractivity contribution in [3.8, 4) is 5.75 Å². The summed E-state index contributed by atoms with van der Waals surface area (Å²) in [6.45, 7) is 3.41. The van der Waals surface area contributed by atoms with Crippen molar-refractivity contribution in [1.82, 2.24) is 0 Å². The largest absolute Gasteiger partial charge is 0.495 e. The number of carbonyl (C=O) groups is 1. The molecule has 3 aromatic rings. The molecule has 0 aromatic heterocycles. The molecule has 2 N–H and O–H groups in total. The molecule has 0 radical (unpaired) electrons. The van der Waals surface area contributed by atoms with Gasteiger partial charge in [-0.05, 0) is 60.9 Å². The van der Waals surface area contributed by atoms with Crippen LogP contribution >= 0.6 is 0 Å². The summed E-state index contributed by atoms with van der Waals surface area (Å²) in [5, 5.41) is 0. The first kappa shape index (κ1) is 21.4. The lowest BCUT2D eigenvalue weighted by molar-refractivity contribution is 0.0992. The summed E-state index contributed by atoms with van der Waals surface area (Å²) in [4.78, 5) is 19.3. The first-order valence-corrected chi connectivity index (χ1v) is 10.5. The predicted molar refractivity (Wildman–Crippen MR) is 128 cm³/mol. The molecular formula is C26H27N3O3. The molecule has 1 amide bonds. The summed E-state index contributed by atoms with van der Waals surface area (Å²) in [5.74, 6) is 1.07. The van der Waals surface area contributed by atoms with Gasteiger partial charge in [-0.3, -0.25) is 4.79 Å². The zero-order valence-corrected chi connectivity index (χ0v) is 18.6. The number of rotatable bonds is 6. The molecule has 6 heteroatoms. The summed E-state index contributed by atoms with van der Waals surface area (Å²) < 4.78 is 10.8. The van der Waals surface area contributed by atoms with Gasteiger partial charge in [-0.1, -0.05) is 29.8 Å². The van der Waals surface area contributed by atoms with Crippen LogP contribution in [0, 0.1) is 6.92 Å². The van der Waals surface area contributed by atoms with E-state index in [0.717, 1.165) is 27.9 Å². The molecule has 164 valence electrons. The standard InChI is InChI=1S/C26H27N3O3/c1-17-4-11-23(29(2)26(30)20-9-10-22(27)24(16-20)31-3)21(14-17)15-18-5-7-19(8-6-18)25-28-12-13-32-25/h4-11,14,16H,12-13,15,27H2,1-3H3. The molecule has 6 nitrogen and oxygen atoms in total. The predicted octanol–water partition coefficient (Wildman–Crippen LogP) is 4.23. The summed E-state index contributed by atoms with van der Waals surface area (Å²) in [7, 11) is 3.33. The molecule has 4 rings (SSSR count). The molecule has 0 aliphatic carbocycles. The van der Waals surface area contributed by atoms with Gasteiger partial charge in [0.25, 0.3) is 5.91 Å². The number of carbonyl (C=O) groups excluding carboxylic acids is 1. The summed E-state index contributed by atoms with van der Waals surface area (Å²) in [6, 6.07) is 19.4. The maximum absolute atomic E-state index is 13.2. The van der Waals surface area contributed by atoms with E-state index in [4.69, 9.17) is 15.2 Å². The molecule has 0 spiro atoms. The third-order valence-electron chi connectivity index (χ3n) is 5.56.